The number of carbonyl (C=O) groups is 1. The predicted octanol–water partition coefficient (Wildman–Crippen LogP) is 4.43. The quantitative estimate of drug-likeness (QED) is 0.870. The maximum Gasteiger partial charge on any atom is 0.411 e. The lowest BCUT2D eigenvalue weighted by atomic mass is 10.1. The molecule has 0 aliphatic carbocycles. The molecule has 2 rings (SSSR count). The Bertz CT molecular complexity index is 611. The Hall–Kier alpha value is -2.07. The fourth-order valence-electron chi connectivity index (χ4n) is 1.74. The van der Waals surface area contributed by atoms with Gasteiger partial charge in [-0.2, -0.15) is 0 Å². The summed E-state index contributed by atoms with van der Waals surface area (Å²) in [5, 5.41) is 2.59. The van der Waals surface area contributed by atoms with Gasteiger partial charge >= 0.3 is 6.09 Å². The summed E-state index contributed by atoms with van der Waals surface area (Å²) in [4.78, 5) is 11.5. The molecule has 0 aliphatic rings. The van der Waals surface area contributed by atoms with Crippen molar-refractivity contribution in [3.05, 3.63) is 82.5 Å². The molecule has 1 amide bonds. The molecule has 0 aromatic heterocycles. The molecule has 0 saturated heterocycles. The van der Waals surface area contributed by atoms with Crippen molar-refractivity contribution in [1.82, 2.24) is 5.32 Å². The van der Waals surface area contributed by atoms with Gasteiger partial charge in [-0.1, -0.05) is 70.5 Å². The number of amides is 1. The number of carbonyl (C=O) groups excluding carboxylic acids is 1. The molecule has 3 nitrogen and oxygen atoms in total. The summed E-state index contributed by atoms with van der Waals surface area (Å²) in [6.07, 6.45) is 3.76. The Morgan fingerprint density at radius 1 is 1.10 bits per heavy atom. The van der Waals surface area contributed by atoms with Gasteiger partial charge < -0.3 is 4.74 Å². The second kappa shape index (κ2) is 8.27. The summed E-state index contributed by atoms with van der Waals surface area (Å²) in [6.45, 7) is 0.269. The second-order valence-corrected chi connectivity index (χ2v) is 5.26. The van der Waals surface area contributed by atoms with Gasteiger partial charge in [0.15, 0.2) is 0 Å². The highest BCUT2D eigenvalue weighted by molar-refractivity contribution is 9.10. The van der Waals surface area contributed by atoms with Crippen LogP contribution >= 0.6 is 15.9 Å². The van der Waals surface area contributed by atoms with E-state index >= 15 is 0 Å². The van der Waals surface area contributed by atoms with Crippen LogP contribution < -0.4 is 5.32 Å². The van der Waals surface area contributed by atoms with E-state index in [0.29, 0.717) is 0 Å². The molecular weight excluding hydrogens is 330 g/mol. The summed E-state index contributed by atoms with van der Waals surface area (Å²) >= 11 is 3.48. The molecule has 0 saturated carbocycles. The molecule has 21 heavy (non-hydrogen) atoms. The van der Waals surface area contributed by atoms with Crippen molar-refractivity contribution in [2.24, 2.45) is 0 Å². The van der Waals surface area contributed by atoms with Crippen LogP contribution in [0.2, 0.25) is 0 Å². The van der Waals surface area contributed by atoms with Crippen molar-refractivity contribution >= 4 is 22.0 Å². The predicted molar refractivity (Wildman–Crippen MR) is 86.7 cm³/mol. The summed E-state index contributed by atoms with van der Waals surface area (Å²) in [5.41, 5.74) is 2.12. The monoisotopic (exact) mass is 345 g/mol. The van der Waals surface area contributed by atoms with Crippen molar-refractivity contribution in [3.63, 3.8) is 0 Å². The van der Waals surface area contributed by atoms with Crippen molar-refractivity contribution in [1.29, 1.82) is 0 Å². The zero-order chi connectivity index (χ0) is 14.9. The number of ether oxygens (including phenoxy) is 1. The number of alkyl carbamates (subject to hydrolysis) is 1. The van der Waals surface area contributed by atoms with Gasteiger partial charge in [-0.3, -0.25) is 5.32 Å². The van der Waals surface area contributed by atoms with Crippen LogP contribution in [0.4, 0.5) is 4.79 Å². The number of benzene rings is 2. The van der Waals surface area contributed by atoms with Gasteiger partial charge in [-0.25, -0.2) is 4.79 Å². The van der Waals surface area contributed by atoms with E-state index in [-0.39, 0.29) is 6.61 Å². The van der Waals surface area contributed by atoms with Gasteiger partial charge in [0.05, 0.1) is 0 Å². The van der Waals surface area contributed by atoms with Gasteiger partial charge in [-0.15, -0.1) is 0 Å². The molecule has 0 atom stereocenters. The third-order valence-electron chi connectivity index (χ3n) is 2.83. The first-order valence-corrected chi connectivity index (χ1v) is 7.40. The molecule has 4 heteroatoms. The van der Waals surface area contributed by atoms with Crippen LogP contribution in [-0.2, 0) is 17.8 Å². The molecular formula is C17H16BrNO2. The molecule has 1 N–H and O–H groups in total. The van der Waals surface area contributed by atoms with Crippen molar-refractivity contribution in [3.8, 4) is 0 Å². The van der Waals surface area contributed by atoms with Crippen LogP contribution in [0.15, 0.2) is 71.3 Å². The molecule has 2 aromatic carbocycles. The van der Waals surface area contributed by atoms with Crippen molar-refractivity contribution in [2.75, 3.05) is 0 Å². The maximum atomic E-state index is 11.5. The highest BCUT2D eigenvalue weighted by atomic mass is 79.9. The summed E-state index contributed by atoms with van der Waals surface area (Å²) in [6, 6.07) is 17.5. The van der Waals surface area contributed by atoms with Gasteiger partial charge in [0.1, 0.15) is 6.61 Å². The van der Waals surface area contributed by atoms with E-state index in [1.165, 1.54) is 0 Å². The van der Waals surface area contributed by atoms with E-state index in [9.17, 15) is 4.79 Å². The van der Waals surface area contributed by atoms with Gasteiger partial charge in [0.2, 0.25) is 0 Å². The SMILES string of the molecule is O=C(N/C=C\Cc1ccccc1Br)OCc1ccccc1. The number of halogens is 1. The highest BCUT2D eigenvalue weighted by Crippen LogP contribution is 2.16. The molecule has 0 bridgehead atoms. The lowest BCUT2D eigenvalue weighted by Crippen LogP contribution is -2.18. The number of hydrogen-bond donors (Lipinski definition) is 1. The Labute approximate surface area is 132 Å². The third kappa shape index (κ3) is 5.44. The molecule has 0 fully saturated rings. The number of hydrogen-bond acceptors (Lipinski definition) is 2. The van der Waals surface area contributed by atoms with Crippen molar-refractivity contribution in [2.45, 2.75) is 13.0 Å². The average Bonchev–Trinajstić information content (AvgIpc) is 2.52. The first-order chi connectivity index (χ1) is 10.3. The zero-order valence-electron chi connectivity index (χ0n) is 11.5. The van der Waals surface area contributed by atoms with E-state index in [0.717, 1.165) is 22.0 Å². The lowest BCUT2D eigenvalue weighted by Gasteiger charge is -2.04. The molecule has 2 aromatic rings. The highest BCUT2D eigenvalue weighted by Gasteiger charge is 1.99. The first kappa shape index (κ1) is 15.3. The van der Waals surface area contributed by atoms with Crippen LogP contribution in [0, 0.1) is 0 Å². The van der Waals surface area contributed by atoms with Crippen LogP contribution in [0.25, 0.3) is 0 Å². The molecule has 0 radical (unpaired) electrons. The van der Waals surface area contributed by atoms with Crippen LogP contribution in [0.5, 0.6) is 0 Å². The Morgan fingerprint density at radius 3 is 2.57 bits per heavy atom. The average molecular weight is 346 g/mol. The molecule has 108 valence electrons. The molecule has 0 heterocycles. The topological polar surface area (TPSA) is 38.3 Å². The number of rotatable bonds is 5. The summed E-state index contributed by atoms with van der Waals surface area (Å²) in [5.74, 6) is 0. The Morgan fingerprint density at radius 2 is 1.81 bits per heavy atom. The van der Waals surface area contributed by atoms with Crippen LogP contribution in [-0.4, -0.2) is 6.09 Å². The summed E-state index contributed by atoms with van der Waals surface area (Å²) < 4.78 is 6.15. The minimum absolute atomic E-state index is 0.269. The lowest BCUT2D eigenvalue weighted by molar-refractivity contribution is 0.143. The first-order valence-electron chi connectivity index (χ1n) is 6.61. The van der Waals surface area contributed by atoms with Gasteiger partial charge in [0, 0.05) is 10.7 Å². The molecule has 0 aliphatic heterocycles. The minimum atomic E-state index is -0.456. The van der Waals surface area contributed by atoms with Crippen LogP contribution in [0.3, 0.4) is 0 Å². The molecule has 0 unspecified atom stereocenters. The smallest absolute Gasteiger partial charge is 0.411 e. The van der Waals surface area contributed by atoms with Gasteiger partial charge in [0.25, 0.3) is 0 Å². The largest absolute Gasteiger partial charge is 0.444 e. The summed E-state index contributed by atoms with van der Waals surface area (Å²) in [7, 11) is 0. The van der Waals surface area contributed by atoms with E-state index in [1.807, 2.05) is 60.7 Å². The van der Waals surface area contributed by atoms with Crippen LogP contribution in [0.1, 0.15) is 11.1 Å². The fourth-order valence-corrected chi connectivity index (χ4v) is 2.19. The van der Waals surface area contributed by atoms with E-state index in [4.69, 9.17) is 4.74 Å². The maximum absolute atomic E-state index is 11.5. The van der Waals surface area contributed by atoms with E-state index in [2.05, 4.69) is 21.2 Å². The second-order valence-electron chi connectivity index (χ2n) is 4.40. The van der Waals surface area contributed by atoms with Gasteiger partial charge in [-0.05, 0) is 23.6 Å². The Kier molecular flexibility index (Phi) is 6.03. The normalized spacial score (nSPS) is 10.5. The minimum Gasteiger partial charge on any atom is -0.444 e. The van der Waals surface area contributed by atoms with E-state index in [1.54, 1.807) is 6.20 Å². The number of nitrogens with one attached hydrogen (secondary N) is 1. The molecule has 0 spiro atoms. The number of allylic oxidation sites excluding steroid dienone is 1. The fraction of sp³-hybridized carbons (Fsp3) is 0.118. The van der Waals surface area contributed by atoms with Crippen molar-refractivity contribution < 1.29 is 9.53 Å². The standard InChI is InChI=1S/C17H16BrNO2/c18-16-11-5-4-9-15(16)10-6-12-19-17(20)21-13-14-7-2-1-3-8-14/h1-9,11-12H,10,13H2,(H,19,20)/b12-6-. The third-order valence-corrected chi connectivity index (χ3v) is 3.60. The Balaban J connectivity index is 1.71. The zero-order valence-corrected chi connectivity index (χ0v) is 13.0. The van der Waals surface area contributed by atoms with E-state index < -0.39 is 6.09 Å².